The second kappa shape index (κ2) is 7.72. The number of piperazine rings is 1. The molecule has 0 aromatic carbocycles. The Bertz CT molecular complexity index is 730. The van der Waals surface area contributed by atoms with Gasteiger partial charge >= 0.3 is 0 Å². The maximum absolute atomic E-state index is 5.09. The first-order chi connectivity index (χ1) is 12.7. The van der Waals surface area contributed by atoms with Crippen molar-refractivity contribution in [3.05, 3.63) is 35.8 Å². The van der Waals surface area contributed by atoms with Crippen LogP contribution in [0.25, 0.3) is 0 Å². The number of pyridine rings is 1. The van der Waals surface area contributed by atoms with Gasteiger partial charge in [0.05, 0.1) is 17.9 Å². The number of fused-ring (bicyclic) bond motifs is 2. The van der Waals surface area contributed by atoms with Crippen molar-refractivity contribution in [2.24, 2.45) is 0 Å². The van der Waals surface area contributed by atoms with Crippen LogP contribution < -0.4 is 4.90 Å². The summed E-state index contributed by atoms with van der Waals surface area (Å²) in [5, 5.41) is 8.54. The molecule has 4 rings (SSSR count). The first kappa shape index (κ1) is 17.4. The van der Waals surface area contributed by atoms with Gasteiger partial charge in [0.1, 0.15) is 5.82 Å². The molecule has 2 fully saturated rings. The molecule has 0 saturated carbocycles. The number of hydrogen-bond donors (Lipinski definition) is 0. The molecule has 0 N–H and O–H groups in total. The summed E-state index contributed by atoms with van der Waals surface area (Å²) in [7, 11) is 3.96. The fraction of sp³-hybridized carbons (Fsp3) is 0.632. The zero-order chi connectivity index (χ0) is 17.9. The molecule has 2 aromatic rings. The van der Waals surface area contributed by atoms with E-state index in [0.717, 1.165) is 56.2 Å². The second-order valence-corrected chi connectivity index (χ2v) is 7.48. The van der Waals surface area contributed by atoms with Crippen molar-refractivity contribution >= 4 is 5.82 Å². The number of anilines is 1. The number of aryl methyl sites for hydroxylation is 1. The van der Waals surface area contributed by atoms with E-state index in [-0.39, 0.29) is 0 Å². The largest absolute Gasteiger partial charge is 0.385 e. The number of ether oxygens (including phenoxy) is 1. The van der Waals surface area contributed by atoms with Crippen LogP contribution in [0.1, 0.15) is 30.7 Å². The smallest absolute Gasteiger partial charge is 0.129 e. The summed E-state index contributed by atoms with van der Waals surface area (Å²) in [4.78, 5) is 9.83. The minimum atomic E-state index is 0.609. The molecular formula is C19H28N6O. The lowest BCUT2D eigenvalue weighted by atomic mass is 10.2. The molecule has 4 heterocycles. The van der Waals surface area contributed by atoms with E-state index < -0.39 is 0 Å². The number of likely N-dealkylation sites (tertiary alicyclic amines) is 1. The summed E-state index contributed by atoms with van der Waals surface area (Å²) in [5.74, 6) is 1.10. The zero-order valence-electron chi connectivity index (χ0n) is 15.7. The number of rotatable bonds is 8. The average Bonchev–Trinajstić information content (AvgIpc) is 3.34. The Morgan fingerprint density at radius 1 is 1.15 bits per heavy atom. The number of nitrogens with zero attached hydrogens (tertiary/aromatic N) is 6. The third-order valence-corrected chi connectivity index (χ3v) is 5.54. The van der Waals surface area contributed by atoms with Gasteiger partial charge in [0, 0.05) is 45.1 Å². The Labute approximate surface area is 155 Å². The molecule has 2 aliphatic rings. The Morgan fingerprint density at radius 3 is 2.85 bits per heavy atom. The molecule has 2 bridgehead atoms. The number of unbranched alkanes of at least 4 members (excludes halogenated alkanes) is 1. The molecule has 2 saturated heterocycles. The van der Waals surface area contributed by atoms with Crippen LogP contribution >= 0.6 is 0 Å². The van der Waals surface area contributed by atoms with Gasteiger partial charge < -0.3 is 9.64 Å². The van der Waals surface area contributed by atoms with E-state index >= 15 is 0 Å². The lowest BCUT2D eigenvalue weighted by Gasteiger charge is -2.32. The highest BCUT2D eigenvalue weighted by atomic mass is 16.5. The highest BCUT2D eigenvalue weighted by Crippen LogP contribution is 2.32. The predicted octanol–water partition coefficient (Wildman–Crippen LogP) is 1.58. The molecule has 7 heteroatoms. The van der Waals surface area contributed by atoms with Crippen LogP contribution in [0.5, 0.6) is 0 Å². The van der Waals surface area contributed by atoms with Gasteiger partial charge in [-0.05, 0) is 44.9 Å². The topological polar surface area (TPSA) is 59.3 Å². The minimum absolute atomic E-state index is 0.609. The van der Waals surface area contributed by atoms with E-state index in [2.05, 4.69) is 45.4 Å². The van der Waals surface area contributed by atoms with Crippen molar-refractivity contribution in [2.75, 3.05) is 38.8 Å². The zero-order valence-corrected chi connectivity index (χ0v) is 15.7. The third kappa shape index (κ3) is 3.73. The van der Waals surface area contributed by atoms with Gasteiger partial charge in [0.2, 0.25) is 0 Å². The number of hydrogen-bond acceptors (Lipinski definition) is 6. The van der Waals surface area contributed by atoms with Crippen LogP contribution in [0, 0.1) is 0 Å². The van der Waals surface area contributed by atoms with Crippen LogP contribution in [-0.2, 0) is 17.7 Å². The Morgan fingerprint density at radius 2 is 2.08 bits per heavy atom. The second-order valence-electron chi connectivity index (χ2n) is 7.48. The molecule has 7 nitrogen and oxygen atoms in total. The summed E-state index contributed by atoms with van der Waals surface area (Å²) in [6.07, 6.45) is 6.37. The van der Waals surface area contributed by atoms with E-state index in [1.807, 2.05) is 10.9 Å². The monoisotopic (exact) mass is 356 g/mol. The Kier molecular flexibility index (Phi) is 5.17. The maximum Gasteiger partial charge on any atom is 0.129 e. The van der Waals surface area contributed by atoms with Crippen LogP contribution in [-0.4, -0.2) is 70.8 Å². The molecule has 140 valence electrons. The maximum atomic E-state index is 5.09. The lowest BCUT2D eigenvalue weighted by molar-refractivity contribution is 0.193. The number of likely N-dealkylation sites (N-methyl/N-ethyl adjacent to an activating group) is 1. The summed E-state index contributed by atoms with van der Waals surface area (Å²) in [6, 6.07) is 7.60. The molecule has 0 spiro atoms. The molecular weight excluding hydrogens is 328 g/mol. The summed E-state index contributed by atoms with van der Waals surface area (Å²) >= 11 is 0. The van der Waals surface area contributed by atoms with E-state index in [1.165, 1.54) is 6.42 Å². The van der Waals surface area contributed by atoms with Crippen molar-refractivity contribution in [3.63, 3.8) is 0 Å². The van der Waals surface area contributed by atoms with Crippen LogP contribution in [0.15, 0.2) is 24.4 Å². The van der Waals surface area contributed by atoms with E-state index in [0.29, 0.717) is 18.6 Å². The van der Waals surface area contributed by atoms with Gasteiger partial charge in [-0.1, -0.05) is 11.3 Å². The number of aromatic nitrogens is 4. The quantitative estimate of drug-likeness (QED) is 0.670. The fourth-order valence-electron chi connectivity index (χ4n) is 4.11. The van der Waals surface area contributed by atoms with Crippen LogP contribution in [0.3, 0.4) is 0 Å². The molecule has 2 atom stereocenters. The molecule has 0 amide bonds. The minimum Gasteiger partial charge on any atom is -0.385 e. The van der Waals surface area contributed by atoms with Gasteiger partial charge in [-0.2, -0.15) is 0 Å². The standard InChI is InChI=1S/C19H28N6O/c1-23-13-18-10-17(23)14-25(18)19-8-5-7-15(20-19)11-24-12-16(21-22-24)6-3-4-9-26-2/h5,7-8,12,17-18H,3-4,6,9-11,13-14H2,1-2H3/t17-,18-/m1/s1. The van der Waals surface area contributed by atoms with Crippen molar-refractivity contribution in [1.29, 1.82) is 0 Å². The third-order valence-electron chi connectivity index (χ3n) is 5.54. The van der Waals surface area contributed by atoms with Gasteiger partial charge in [-0.15, -0.1) is 5.10 Å². The average molecular weight is 356 g/mol. The normalized spacial score (nSPS) is 22.5. The summed E-state index contributed by atoms with van der Waals surface area (Å²) in [6.45, 7) is 3.71. The highest BCUT2D eigenvalue weighted by molar-refractivity contribution is 5.44. The van der Waals surface area contributed by atoms with Crippen LogP contribution in [0.4, 0.5) is 5.82 Å². The predicted molar refractivity (Wildman–Crippen MR) is 100 cm³/mol. The van der Waals surface area contributed by atoms with Gasteiger partial charge in [-0.25, -0.2) is 9.67 Å². The van der Waals surface area contributed by atoms with Crippen LogP contribution in [0.2, 0.25) is 0 Å². The lowest BCUT2D eigenvalue weighted by Crippen LogP contribution is -2.44. The van der Waals surface area contributed by atoms with Gasteiger partial charge in [0.15, 0.2) is 0 Å². The fourth-order valence-corrected chi connectivity index (χ4v) is 4.11. The molecule has 2 aromatic heterocycles. The summed E-state index contributed by atoms with van der Waals surface area (Å²) < 4.78 is 6.98. The van der Waals surface area contributed by atoms with Gasteiger partial charge in [0.25, 0.3) is 0 Å². The van der Waals surface area contributed by atoms with Crippen molar-refractivity contribution in [1.82, 2.24) is 24.9 Å². The van der Waals surface area contributed by atoms with Crippen molar-refractivity contribution < 1.29 is 4.74 Å². The van der Waals surface area contributed by atoms with Gasteiger partial charge in [-0.3, -0.25) is 4.90 Å². The highest BCUT2D eigenvalue weighted by Gasteiger charge is 2.41. The molecule has 2 aliphatic heterocycles. The summed E-state index contributed by atoms with van der Waals surface area (Å²) in [5.41, 5.74) is 2.08. The molecule has 0 aliphatic carbocycles. The molecule has 26 heavy (non-hydrogen) atoms. The van der Waals surface area contributed by atoms with Crippen molar-refractivity contribution in [2.45, 2.75) is 44.3 Å². The Hall–Kier alpha value is -1.99. The Balaban J connectivity index is 1.36. The molecule has 0 radical (unpaired) electrons. The van der Waals surface area contributed by atoms with Crippen molar-refractivity contribution in [3.8, 4) is 0 Å². The van der Waals surface area contributed by atoms with E-state index in [9.17, 15) is 0 Å². The first-order valence-electron chi connectivity index (χ1n) is 9.53. The van der Waals surface area contributed by atoms with E-state index in [4.69, 9.17) is 9.72 Å². The number of methoxy groups -OCH3 is 1. The van der Waals surface area contributed by atoms with E-state index in [1.54, 1.807) is 7.11 Å². The molecule has 0 unspecified atom stereocenters. The SMILES string of the molecule is COCCCCc1cn(Cc2cccc(N3C[C@H]4C[C@@H]3CN4C)n2)nn1. The first-order valence-corrected chi connectivity index (χ1v) is 9.53.